The summed E-state index contributed by atoms with van der Waals surface area (Å²) in [6, 6.07) is 6.59. The first-order chi connectivity index (χ1) is 10.2. The van der Waals surface area contributed by atoms with Crippen molar-refractivity contribution >= 4 is 0 Å². The van der Waals surface area contributed by atoms with E-state index in [1.54, 1.807) is 12.1 Å². The lowest BCUT2D eigenvalue weighted by molar-refractivity contribution is 0.109. The van der Waals surface area contributed by atoms with Gasteiger partial charge in [-0.3, -0.25) is 0 Å². The van der Waals surface area contributed by atoms with Crippen molar-refractivity contribution in [1.82, 2.24) is 10.1 Å². The monoisotopic (exact) mass is 289 g/mol. The number of nitrogens with zero attached hydrogens (tertiary/aromatic N) is 2. The number of ether oxygens (including phenoxy) is 1. The molecule has 112 valence electrons. The first-order valence-electron chi connectivity index (χ1n) is 7.18. The number of aromatic nitrogens is 2. The van der Waals surface area contributed by atoms with Crippen LogP contribution in [0.2, 0.25) is 0 Å². The molecule has 0 amide bonds. The molecule has 3 N–H and O–H groups in total. The van der Waals surface area contributed by atoms with E-state index >= 15 is 0 Å². The molecule has 2 heterocycles. The summed E-state index contributed by atoms with van der Waals surface area (Å²) in [5.41, 5.74) is 7.11. The minimum atomic E-state index is -0.347. The third-order valence-electron chi connectivity index (χ3n) is 3.63. The molecule has 21 heavy (non-hydrogen) atoms. The molecule has 6 nitrogen and oxygen atoms in total. The maximum Gasteiger partial charge on any atom is 0.243 e. The van der Waals surface area contributed by atoms with Crippen LogP contribution in [0.5, 0.6) is 5.75 Å². The van der Waals surface area contributed by atoms with Crippen LogP contribution in [0.1, 0.15) is 36.2 Å². The van der Waals surface area contributed by atoms with Crippen LogP contribution in [-0.4, -0.2) is 28.0 Å². The number of phenolic OH excluding ortho intramolecular Hbond substituents is 1. The van der Waals surface area contributed by atoms with E-state index in [4.69, 9.17) is 15.0 Å². The predicted molar refractivity (Wildman–Crippen MR) is 75.7 cm³/mol. The van der Waals surface area contributed by atoms with Gasteiger partial charge in [0, 0.05) is 13.0 Å². The first-order valence-corrected chi connectivity index (χ1v) is 7.18. The second-order valence-electron chi connectivity index (χ2n) is 5.37. The molecule has 1 aromatic heterocycles. The molecule has 1 aromatic carbocycles. The van der Waals surface area contributed by atoms with E-state index < -0.39 is 0 Å². The fourth-order valence-corrected chi connectivity index (χ4v) is 2.48. The second kappa shape index (κ2) is 6.24. The van der Waals surface area contributed by atoms with Crippen LogP contribution in [0, 0.1) is 0 Å². The largest absolute Gasteiger partial charge is 0.508 e. The summed E-state index contributed by atoms with van der Waals surface area (Å²) < 4.78 is 10.8. The molecular formula is C15H19N3O3. The number of hydrogen-bond donors (Lipinski definition) is 2. The number of phenols is 1. The predicted octanol–water partition coefficient (Wildman–Crippen LogP) is 1.74. The van der Waals surface area contributed by atoms with Crippen LogP contribution in [0.3, 0.4) is 0 Å². The van der Waals surface area contributed by atoms with Gasteiger partial charge in [-0.25, -0.2) is 0 Å². The quantitative estimate of drug-likeness (QED) is 0.870. The lowest BCUT2D eigenvalue weighted by Gasteiger charge is -2.07. The van der Waals surface area contributed by atoms with Gasteiger partial charge in [0.1, 0.15) is 5.75 Å². The summed E-state index contributed by atoms with van der Waals surface area (Å²) in [5.74, 6) is 1.33. The highest BCUT2D eigenvalue weighted by molar-refractivity contribution is 5.26. The van der Waals surface area contributed by atoms with E-state index in [1.165, 1.54) is 0 Å². The van der Waals surface area contributed by atoms with Crippen molar-refractivity contribution < 1.29 is 14.4 Å². The van der Waals surface area contributed by atoms with E-state index in [1.807, 2.05) is 12.1 Å². The maximum absolute atomic E-state index is 9.26. The standard InChI is InChI=1S/C15H19N3O3/c16-13(8-10-3-5-11(19)6-4-10)15-17-14(18-21-15)9-12-2-1-7-20-12/h3-6,12-13,19H,1-2,7-9,16H2/t12?,13-/m1/s1. The van der Waals surface area contributed by atoms with Crippen molar-refractivity contribution in [3.63, 3.8) is 0 Å². The van der Waals surface area contributed by atoms with Gasteiger partial charge in [0.2, 0.25) is 5.89 Å². The van der Waals surface area contributed by atoms with Crippen molar-refractivity contribution in [3.05, 3.63) is 41.5 Å². The SMILES string of the molecule is N[C@H](Cc1ccc(O)cc1)c1nc(CC2CCCO2)no1. The Balaban J connectivity index is 1.60. The number of nitrogens with two attached hydrogens (primary N) is 1. The van der Waals surface area contributed by atoms with Crippen LogP contribution in [0.15, 0.2) is 28.8 Å². The lowest BCUT2D eigenvalue weighted by atomic mass is 10.1. The molecule has 0 spiro atoms. The van der Waals surface area contributed by atoms with Gasteiger partial charge >= 0.3 is 0 Å². The highest BCUT2D eigenvalue weighted by Gasteiger charge is 2.21. The topological polar surface area (TPSA) is 94.4 Å². The molecule has 1 aliphatic rings. The zero-order chi connectivity index (χ0) is 14.7. The Morgan fingerprint density at radius 3 is 2.86 bits per heavy atom. The fraction of sp³-hybridized carbons (Fsp3) is 0.467. The van der Waals surface area contributed by atoms with Gasteiger partial charge in [-0.05, 0) is 37.0 Å². The van der Waals surface area contributed by atoms with Crippen LogP contribution < -0.4 is 5.73 Å². The molecule has 3 rings (SSSR count). The first kappa shape index (κ1) is 14.0. The molecule has 0 radical (unpaired) electrons. The fourth-order valence-electron chi connectivity index (χ4n) is 2.48. The van der Waals surface area contributed by atoms with Crippen molar-refractivity contribution in [2.45, 2.75) is 37.8 Å². The molecule has 1 fully saturated rings. The van der Waals surface area contributed by atoms with Crippen molar-refractivity contribution in [3.8, 4) is 5.75 Å². The molecule has 0 aliphatic carbocycles. The van der Waals surface area contributed by atoms with E-state index in [0.29, 0.717) is 24.6 Å². The summed E-state index contributed by atoms with van der Waals surface area (Å²) in [6.45, 7) is 0.815. The van der Waals surface area contributed by atoms with Gasteiger partial charge in [-0.1, -0.05) is 17.3 Å². The van der Waals surface area contributed by atoms with Crippen molar-refractivity contribution in [2.24, 2.45) is 5.73 Å². The van der Waals surface area contributed by atoms with Crippen LogP contribution in [0.4, 0.5) is 0 Å². The summed E-state index contributed by atoms with van der Waals surface area (Å²) in [4.78, 5) is 4.36. The van der Waals surface area contributed by atoms with Gasteiger partial charge in [0.15, 0.2) is 5.82 Å². The van der Waals surface area contributed by atoms with Crippen LogP contribution in [-0.2, 0) is 17.6 Å². The highest BCUT2D eigenvalue weighted by Crippen LogP contribution is 2.19. The second-order valence-corrected chi connectivity index (χ2v) is 5.37. The number of rotatable bonds is 5. The summed E-state index contributed by atoms with van der Waals surface area (Å²) in [7, 11) is 0. The minimum Gasteiger partial charge on any atom is -0.508 e. The Morgan fingerprint density at radius 2 is 2.14 bits per heavy atom. The molecule has 1 aliphatic heterocycles. The van der Waals surface area contributed by atoms with Gasteiger partial charge in [-0.15, -0.1) is 0 Å². The van der Waals surface area contributed by atoms with Gasteiger partial charge < -0.3 is 20.1 Å². The third kappa shape index (κ3) is 3.59. The molecule has 2 atom stereocenters. The molecule has 6 heteroatoms. The Labute approximate surface area is 122 Å². The van der Waals surface area contributed by atoms with Crippen LogP contribution in [0.25, 0.3) is 0 Å². The molecule has 1 unspecified atom stereocenters. The molecule has 0 bridgehead atoms. The Bertz CT molecular complexity index is 576. The Morgan fingerprint density at radius 1 is 1.33 bits per heavy atom. The van der Waals surface area contributed by atoms with E-state index in [0.717, 1.165) is 25.0 Å². The summed E-state index contributed by atoms with van der Waals surface area (Å²) >= 11 is 0. The molecule has 1 saturated heterocycles. The number of hydrogen-bond acceptors (Lipinski definition) is 6. The Hall–Kier alpha value is -1.92. The number of benzene rings is 1. The van der Waals surface area contributed by atoms with Gasteiger partial charge in [0.25, 0.3) is 0 Å². The highest BCUT2D eigenvalue weighted by atomic mass is 16.5. The lowest BCUT2D eigenvalue weighted by Crippen LogP contribution is -2.14. The molecular weight excluding hydrogens is 270 g/mol. The van der Waals surface area contributed by atoms with Crippen molar-refractivity contribution in [1.29, 1.82) is 0 Å². The van der Waals surface area contributed by atoms with Gasteiger partial charge in [-0.2, -0.15) is 4.98 Å². The number of aromatic hydroxyl groups is 1. The normalized spacial score (nSPS) is 19.8. The van der Waals surface area contributed by atoms with E-state index in [2.05, 4.69) is 10.1 Å². The molecule has 0 saturated carbocycles. The smallest absolute Gasteiger partial charge is 0.243 e. The maximum atomic E-state index is 9.26. The Kier molecular flexibility index (Phi) is 4.17. The van der Waals surface area contributed by atoms with Crippen molar-refractivity contribution in [2.75, 3.05) is 6.61 Å². The third-order valence-corrected chi connectivity index (χ3v) is 3.63. The minimum absolute atomic E-state index is 0.198. The van der Waals surface area contributed by atoms with Crippen LogP contribution >= 0.6 is 0 Å². The average molecular weight is 289 g/mol. The molecule has 2 aromatic rings. The average Bonchev–Trinajstić information content (AvgIpc) is 3.13. The summed E-state index contributed by atoms with van der Waals surface area (Å²) in [5, 5.41) is 13.2. The van der Waals surface area contributed by atoms with Gasteiger partial charge in [0.05, 0.1) is 12.1 Å². The van der Waals surface area contributed by atoms with E-state index in [9.17, 15) is 5.11 Å². The zero-order valence-electron chi connectivity index (χ0n) is 11.7. The van der Waals surface area contributed by atoms with E-state index in [-0.39, 0.29) is 17.9 Å². The summed E-state index contributed by atoms with van der Waals surface area (Å²) in [6.07, 6.45) is 3.60. The zero-order valence-corrected chi connectivity index (χ0v) is 11.7.